The topological polar surface area (TPSA) is 136 Å². The number of halogens is 3. The van der Waals surface area contributed by atoms with Gasteiger partial charge in [0, 0.05) is 23.4 Å². The molecule has 3 amide bonds. The van der Waals surface area contributed by atoms with Crippen molar-refractivity contribution >= 4 is 46.4 Å². The lowest BCUT2D eigenvalue weighted by Gasteiger charge is -2.35. The largest absolute Gasteiger partial charge is 0.459 e. The van der Waals surface area contributed by atoms with E-state index in [1.807, 2.05) is 0 Å². The van der Waals surface area contributed by atoms with Crippen LogP contribution in [0, 0.1) is 6.92 Å². The molecular weight excluding hydrogens is 613 g/mol. The summed E-state index contributed by atoms with van der Waals surface area (Å²) in [5, 5.41) is 4.85. The van der Waals surface area contributed by atoms with Gasteiger partial charge in [0.15, 0.2) is 0 Å². The van der Waals surface area contributed by atoms with Crippen LogP contribution in [0.25, 0.3) is 10.9 Å². The second-order valence-corrected chi connectivity index (χ2v) is 11.3. The minimum Gasteiger partial charge on any atom is -0.459 e. The number of alkyl halides is 3. The lowest BCUT2D eigenvalue weighted by Crippen LogP contribution is -2.62. The Kier molecular flexibility index (Phi) is 8.77. The molecule has 14 heteroatoms. The molecule has 0 radical (unpaired) electrons. The normalized spacial score (nSPS) is 16.7. The van der Waals surface area contributed by atoms with Crippen molar-refractivity contribution in [1.29, 1.82) is 0 Å². The van der Waals surface area contributed by atoms with Gasteiger partial charge in [-0.25, -0.2) is 9.78 Å². The summed E-state index contributed by atoms with van der Waals surface area (Å²) >= 11 is -0.291. The predicted molar refractivity (Wildman–Crippen MR) is 157 cm³/mol. The fraction of sp³-hybridized carbons (Fsp3) is 0.226. The molecule has 4 aromatic rings. The number of carbonyl (C=O) groups excluding carboxylic acids is 4. The number of amides is 3. The van der Waals surface area contributed by atoms with Gasteiger partial charge < -0.3 is 10.1 Å². The highest BCUT2D eigenvalue weighted by Gasteiger charge is 2.54. The van der Waals surface area contributed by atoms with Crippen molar-refractivity contribution < 1.29 is 37.1 Å². The molecule has 1 saturated heterocycles. The standard InChI is InChI=1S/C31H25F3N4O6S/c1-18-36-24-12-7-20(16-35-26(40)21-8-10-22(11-9-21)45-31(32,33)34)15-23(24)27(41)38(18)30(14-13-25(39)37-28(30)42)29(43)44-17-19-5-3-2-4-6-19/h2-12,15H,13-14,16-17H2,1H3,(H,35,40)(H,37,39,42). The van der Waals surface area contributed by atoms with Crippen molar-refractivity contribution in [2.75, 3.05) is 0 Å². The molecule has 1 aromatic heterocycles. The molecule has 1 unspecified atom stereocenters. The molecule has 0 bridgehead atoms. The van der Waals surface area contributed by atoms with Crippen molar-refractivity contribution in [2.45, 2.75) is 48.9 Å². The third-order valence-electron chi connectivity index (χ3n) is 7.18. The van der Waals surface area contributed by atoms with Gasteiger partial charge in [-0.3, -0.25) is 29.1 Å². The van der Waals surface area contributed by atoms with E-state index in [0.29, 0.717) is 11.1 Å². The predicted octanol–water partition coefficient (Wildman–Crippen LogP) is 4.12. The zero-order chi connectivity index (χ0) is 32.4. The van der Waals surface area contributed by atoms with E-state index in [4.69, 9.17) is 4.74 Å². The van der Waals surface area contributed by atoms with E-state index in [2.05, 4.69) is 15.6 Å². The summed E-state index contributed by atoms with van der Waals surface area (Å²) in [4.78, 5) is 70.1. The van der Waals surface area contributed by atoms with Gasteiger partial charge in [-0.2, -0.15) is 13.2 Å². The number of fused-ring (bicyclic) bond motifs is 1. The number of benzene rings is 3. The summed E-state index contributed by atoms with van der Waals surface area (Å²) in [5.41, 5.74) is -5.87. The molecule has 2 heterocycles. The first-order valence-electron chi connectivity index (χ1n) is 13.6. The van der Waals surface area contributed by atoms with Gasteiger partial charge in [0.25, 0.3) is 17.4 Å². The summed E-state index contributed by atoms with van der Waals surface area (Å²) in [6.07, 6.45) is -0.548. The van der Waals surface area contributed by atoms with Crippen LogP contribution in [0.5, 0.6) is 0 Å². The molecule has 10 nitrogen and oxygen atoms in total. The van der Waals surface area contributed by atoms with Crippen LogP contribution < -0.4 is 16.2 Å². The average Bonchev–Trinajstić information content (AvgIpc) is 3.00. The molecule has 1 atom stereocenters. The highest BCUT2D eigenvalue weighted by atomic mass is 32.2. The van der Waals surface area contributed by atoms with Crippen molar-refractivity contribution in [3.8, 4) is 0 Å². The Morgan fingerprint density at radius 2 is 1.73 bits per heavy atom. The Morgan fingerprint density at radius 1 is 1.02 bits per heavy atom. The fourth-order valence-corrected chi connectivity index (χ4v) is 5.58. The van der Waals surface area contributed by atoms with Crippen LogP contribution in [0.3, 0.4) is 0 Å². The fourth-order valence-electron chi connectivity index (χ4n) is 5.04. The lowest BCUT2D eigenvalue weighted by atomic mass is 9.87. The molecule has 2 N–H and O–H groups in total. The molecule has 45 heavy (non-hydrogen) atoms. The van der Waals surface area contributed by atoms with E-state index in [1.165, 1.54) is 37.3 Å². The van der Waals surface area contributed by atoms with E-state index in [-0.39, 0.29) is 64.9 Å². The number of aryl methyl sites for hydroxylation is 1. The second-order valence-electron chi connectivity index (χ2n) is 10.2. The van der Waals surface area contributed by atoms with Crippen molar-refractivity contribution in [2.24, 2.45) is 0 Å². The maximum Gasteiger partial charge on any atom is 0.446 e. The zero-order valence-corrected chi connectivity index (χ0v) is 24.5. The number of hydrogen-bond donors (Lipinski definition) is 2. The monoisotopic (exact) mass is 638 g/mol. The maximum atomic E-state index is 14.0. The zero-order valence-electron chi connectivity index (χ0n) is 23.6. The number of aromatic nitrogens is 2. The maximum absolute atomic E-state index is 14.0. The molecule has 0 aliphatic carbocycles. The van der Waals surface area contributed by atoms with Crippen LogP contribution in [0.15, 0.2) is 82.5 Å². The first-order chi connectivity index (χ1) is 21.4. The Balaban J connectivity index is 1.43. The van der Waals surface area contributed by atoms with E-state index < -0.39 is 40.3 Å². The Hall–Kier alpha value is -4.98. The molecule has 0 spiro atoms. The van der Waals surface area contributed by atoms with Crippen LogP contribution in [-0.4, -0.2) is 38.8 Å². The van der Waals surface area contributed by atoms with Crippen LogP contribution >= 0.6 is 11.8 Å². The number of piperidine rings is 1. The number of esters is 1. The molecule has 232 valence electrons. The number of nitrogens with zero attached hydrogens (tertiary/aromatic N) is 2. The summed E-state index contributed by atoms with van der Waals surface area (Å²) in [7, 11) is 0. The van der Waals surface area contributed by atoms with Gasteiger partial charge in [0.05, 0.1) is 10.9 Å². The molecule has 1 aliphatic rings. The summed E-state index contributed by atoms with van der Waals surface area (Å²) < 4.78 is 44.2. The molecule has 3 aromatic carbocycles. The van der Waals surface area contributed by atoms with E-state index in [0.717, 1.165) is 4.57 Å². The van der Waals surface area contributed by atoms with Crippen molar-refractivity contribution in [3.05, 3.63) is 106 Å². The number of ether oxygens (including phenoxy) is 1. The third-order valence-corrected chi connectivity index (χ3v) is 7.92. The van der Waals surface area contributed by atoms with E-state index in [1.54, 1.807) is 42.5 Å². The Morgan fingerprint density at radius 3 is 2.40 bits per heavy atom. The first kappa shape index (κ1) is 31.4. The SMILES string of the molecule is Cc1nc2ccc(CNC(=O)c3ccc(SC(F)(F)F)cc3)cc2c(=O)n1C1(C(=O)OCc2ccccc2)CCC(=O)NC1=O. The third kappa shape index (κ3) is 6.75. The first-order valence-corrected chi connectivity index (χ1v) is 14.4. The molecule has 1 fully saturated rings. The van der Waals surface area contributed by atoms with Crippen LogP contribution in [-0.2, 0) is 37.8 Å². The highest BCUT2D eigenvalue weighted by Crippen LogP contribution is 2.36. The lowest BCUT2D eigenvalue weighted by molar-refractivity contribution is -0.164. The molecule has 1 aliphatic heterocycles. The second kappa shape index (κ2) is 12.6. The number of carbonyl (C=O) groups is 4. The number of thioether (sulfide) groups is 1. The van der Waals surface area contributed by atoms with Gasteiger partial charge in [-0.1, -0.05) is 36.4 Å². The Bertz CT molecular complexity index is 1860. The smallest absolute Gasteiger partial charge is 0.446 e. The number of nitrogens with one attached hydrogen (secondary N) is 2. The minimum atomic E-state index is -4.45. The quantitative estimate of drug-likeness (QED) is 0.127. The number of imide groups is 1. The Labute approximate surface area is 258 Å². The number of hydrogen-bond acceptors (Lipinski definition) is 8. The molecule has 0 saturated carbocycles. The van der Waals surface area contributed by atoms with Gasteiger partial charge in [-0.05, 0) is 72.6 Å². The highest BCUT2D eigenvalue weighted by molar-refractivity contribution is 8.00. The van der Waals surface area contributed by atoms with Crippen LogP contribution in [0.4, 0.5) is 13.2 Å². The van der Waals surface area contributed by atoms with Gasteiger partial charge in [0.2, 0.25) is 11.4 Å². The van der Waals surface area contributed by atoms with Crippen LogP contribution in [0.2, 0.25) is 0 Å². The minimum absolute atomic E-state index is 0.0424. The van der Waals surface area contributed by atoms with E-state index in [9.17, 15) is 37.1 Å². The number of rotatable bonds is 8. The van der Waals surface area contributed by atoms with Gasteiger partial charge in [-0.15, -0.1) is 0 Å². The van der Waals surface area contributed by atoms with Gasteiger partial charge in [0.1, 0.15) is 12.4 Å². The summed E-state index contributed by atoms with van der Waals surface area (Å²) in [6.45, 7) is 1.23. The van der Waals surface area contributed by atoms with E-state index >= 15 is 0 Å². The summed E-state index contributed by atoms with van der Waals surface area (Å²) in [5.74, 6) is -3.14. The average molecular weight is 639 g/mol. The van der Waals surface area contributed by atoms with Crippen molar-refractivity contribution in [1.82, 2.24) is 20.2 Å². The molecular formula is C31H25F3N4O6S. The molecule has 5 rings (SSSR count). The summed E-state index contributed by atoms with van der Waals surface area (Å²) in [6, 6.07) is 18.3. The van der Waals surface area contributed by atoms with Crippen LogP contribution in [0.1, 0.15) is 40.2 Å². The van der Waals surface area contributed by atoms with Gasteiger partial charge >= 0.3 is 11.5 Å². The van der Waals surface area contributed by atoms with Crippen molar-refractivity contribution in [3.63, 3.8) is 0 Å².